The molecule has 0 spiro atoms. The van der Waals surface area contributed by atoms with E-state index in [4.69, 9.17) is 21.1 Å². The van der Waals surface area contributed by atoms with Gasteiger partial charge in [0.05, 0.1) is 23.4 Å². The van der Waals surface area contributed by atoms with Crippen molar-refractivity contribution in [3.63, 3.8) is 0 Å². The number of halogens is 1. The molecule has 0 atom stereocenters. The fraction of sp³-hybridized carbons (Fsp3) is 0.130. The second kappa shape index (κ2) is 10.3. The molecule has 0 aromatic heterocycles. The molecule has 3 rings (SSSR count). The van der Waals surface area contributed by atoms with Gasteiger partial charge >= 0.3 is 0 Å². The monoisotopic (exact) mass is 408 g/mol. The Morgan fingerprint density at radius 1 is 1.00 bits per heavy atom. The topological polar surface area (TPSA) is 59.9 Å². The number of carbonyl (C=O) groups excluding carboxylic acids is 1. The van der Waals surface area contributed by atoms with Crippen LogP contribution >= 0.6 is 11.6 Å². The van der Waals surface area contributed by atoms with Gasteiger partial charge in [0, 0.05) is 0 Å². The van der Waals surface area contributed by atoms with Crippen LogP contribution < -0.4 is 14.9 Å². The van der Waals surface area contributed by atoms with Crippen molar-refractivity contribution in [2.45, 2.75) is 13.5 Å². The van der Waals surface area contributed by atoms with Crippen molar-refractivity contribution in [3.05, 3.63) is 94.5 Å². The molecular weight excluding hydrogens is 388 g/mol. The molecule has 29 heavy (non-hydrogen) atoms. The predicted octanol–water partition coefficient (Wildman–Crippen LogP) is 5.08. The number of hydrogen-bond acceptors (Lipinski definition) is 4. The molecule has 0 unspecified atom stereocenters. The number of nitrogens with one attached hydrogen (secondary N) is 1. The minimum atomic E-state index is -0.375. The molecule has 0 saturated heterocycles. The van der Waals surface area contributed by atoms with E-state index in [-0.39, 0.29) is 5.91 Å². The third-order valence-corrected chi connectivity index (χ3v) is 4.33. The first kappa shape index (κ1) is 20.4. The number of benzene rings is 3. The smallest absolute Gasteiger partial charge is 0.272 e. The summed E-state index contributed by atoms with van der Waals surface area (Å²) in [5, 5.41) is 4.38. The Kier molecular flexibility index (Phi) is 7.25. The lowest BCUT2D eigenvalue weighted by Gasteiger charge is -2.12. The van der Waals surface area contributed by atoms with Gasteiger partial charge in [-0.15, -0.1) is 0 Å². The van der Waals surface area contributed by atoms with Gasteiger partial charge in [0.2, 0.25) is 0 Å². The van der Waals surface area contributed by atoms with Crippen molar-refractivity contribution in [2.75, 3.05) is 6.61 Å². The van der Waals surface area contributed by atoms with Gasteiger partial charge < -0.3 is 9.47 Å². The van der Waals surface area contributed by atoms with Crippen molar-refractivity contribution in [3.8, 4) is 11.5 Å². The van der Waals surface area contributed by atoms with Crippen molar-refractivity contribution in [2.24, 2.45) is 5.10 Å². The Morgan fingerprint density at radius 3 is 2.52 bits per heavy atom. The average Bonchev–Trinajstić information content (AvgIpc) is 2.74. The first-order chi connectivity index (χ1) is 14.2. The maximum atomic E-state index is 12.1. The summed E-state index contributed by atoms with van der Waals surface area (Å²) in [6.45, 7) is 2.86. The Labute approximate surface area is 174 Å². The lowest BCUT2D eigenvalue weighted by Crippen LogP contribution is -2.17. The van der Waals surface area contributed by atoms with Gasteiger partial charge in [-0.1, -0.05) is 54.1 Å². The molecule has 0 heterocycles. The molecular formula is C23H21ClN2O3. The van der Waals surface area contributed by atoms with E-state index in [0.717, 1.165) is 11.1 Å². The van der Waals surface area contributed by atoms with Gasteiger partial charge in [0.25, 0.3) is 5.91 Å². The van der Waals surface area contributed by atoms with Crippen molar-refractivity contribution in [1.82, 2.24) is 5.43 Å². The van der Waals surface area contributed by atoms with Gasteiger partial charge in [0.1, 0.15) is 6.61 Å². The number of hydrogen-bond donors (Lipinski definition) is 1. The van der Waals surface area contributed by atoms with Gasteiger partial charge in [-0.2, -0.15) is 5.10 Å². The largest absolute Gasteiger partial charge is 0.490 e. The van der Waals surface area contributed by atoms with E-state index >= 15 is 0 Å². The average molecular weight is 409 g/mol. The number of hydrazone groups is 1. The molecule has 3 aromatic rings. The predicted molar refractivity (Wildman–Crippen MR) is 115 cm³/mol. The number of nitrogens with zero attached hydrogens (tertiary/aromatic N) is 1. The fourth-order valence-corrected chi connectivity index (χ4v) is 2.82. The van der Waals surface area contributed by atoms with Crippen LogP contribution in [0, 0.1) is 0 Å². The molecule has 1 amide bonds. The summed E-state index contributed by atoms with van der Waals surface area (Å²) in [5.41, 5.74) is 4.68. The third kappa shape index (κ3) is 5.83. The van der Waals surface area contributed by atoms with Gasteiger partial charge in [-0.25, -0.2) is 5.43 Å². The normalized spacial score (nSPS) is 10.7. The summed E-state index contributed by atoms with van der Waals surface area (Å²) in [7, 11) is 0. The van der Waals surface area contributed by atoms with Crippen LogP contribution in [0.5, 0.6) is 11.5 Å². The zero-order valence-corrected chi connectivity index (χ0v) is 16.7. The number of amides is 1. The Morgan fingerprint density at radius 2 is 1.76 bits per heavy atom. The summed E-state index contributed by atoms with van der Waals surface area (Å²) in [6.07, 6.45) is 1.54. The maximum Gasteiger partial charge on any atom is 0.272 e. The van der Waals surface area contributed by atoms with Crippen LogP contribution in [0.15, 0.2) is 77.9 Å². The van der Waals surface area contributed by atoms with Crippen LogP contribution in [0.1, 0.15) is 28.4 Å². The molecule has 1 N–H and O–H groups in total. The molecule has 0 fully saturated rings. The van der Waals surface area contributed by atoms with Gasteiger partial charge in [-0.05, 0) is 48.4 Å². The summed E-state index contributed by atoms with van der Waals surface area (Å²) < 4.78 is 11.6. The first-order valence-corrected chi connectivity index (χ1v) is 9.56. The van der Waals surface area contributed by atoms with Gasteiger partial charge in [-0.3, -0.25) is 4.79 Å². The van der Waals surface area contributed by atoms with E-state index in [1.54, 1.807) is 24.3 Å². The molecule has 0 aliphatic carbocycles. The molecule has 0 saturated carbocycles. The highest BCUT2D eigenvalue weighted by Gasteiger charge is 2.09. The minimum absolute atomic E-state index is 0.367. The molecule has 0 bridgehead atoms. The Bertz CT molecular complexity index is 990. The zero-order valence-electron chi connectivity index (χ0n) is 16.0. The molecule has 0 aliphatic heterocycles. The molecule has 3 aromatic carbocycles. The van der Waals surface area contributed by atoms with E-state index in [2.05, 4.69) is 10.5 Å². The number of carbonyl (C=O) groups is 1. The summed E-state index contributed by atoms with van der Waals surface area (Å²) in [4.78, 5) is 12.1. The van der Waals surface area contributed by atoms with Crippen molar-refractivity contribution >= 4 is 23.7 Å². The van der Waals surface area contributed by atoms with Crippen LogP contribution in [0.3, 0.4) is 0 Å². The molecule has 5 nitrogen and oxygen atoms in total. The maximum absolute atomic E-state index is 12.1. The van der Waals surface area contributed by atoms with Crippen LogP contribution in [0.25, 0.3) is 0 Å². The first-order valence-electron chi connectivity index (χ1n) is 9.19. The van der Waals surface area contributed by atoms with Crippen LogP contribution in [-0.4, -0.2) is 18.7 Å². The van der Waals surface area contributed by atoms with E-state index in [1.807, 2.05) is 55.5 Å². The summed E-state index contributed by atoms with van der Waals surface area (Å²) >= 11 is 6.02. The highest BCUT2D eigenvalue weighted by molar-refractivity contribution is 6.33. The minimum Gasteiger partial charge on any atom is -0.490 e. The SMILES string of the molecule is CCOc1cc(/C=N/NC(=O)c2ccccc2Cl)ccc1OCc1ccccc1. The molecule has 148 valence electrons. The van der Waals surface area contributed by atoms with E-state index in [1.165, 1.54) is 6.21 Å². The quantitative estimate of drug-likeness (QED) is 0.417. The van der Waals surface area contributed by atoms with Crippen molar-refractivity contribution in [1.29, 1.82) is 0 Å². The van der Waals surface area contributed by atoms with E-state index < -0.39 is 0 Å². The van der Waals surface area contributed by atoms with E-state index in [9.17, 15) is 4.79 Å². The third-order valence-electron chi connectivity index (χ3n) is 4.00. The number of rotatable bonds is 8. The molecule has 6 heteroatoms. The van der Waals surface area contributed by atoms with Crippen molar-refractivity contribution < 1.29 is 14.3 Å². The van der Waals surface area contributed by atoms with E-state index in [0.29, 0.717) is 35.3 Å². The fourth-order valence-electron chi connectivity index (χ4n) is 2.60. The highest BCUT2D eigenvalue weighted by Crippen LogP contribution is 2.29. The second-order valence-electron chi connectivity index (χ2n) is 6.09. The number of ether oxygens (including phenoxy) is 2. The van der Waals surface area contributed by atoms with Crippen LogP contribution in [0.4, 0.5) is 0 Å². The molecule has 0 aliphatic rings. The standard InChI is InChI=1S/C23H21ClN2O3/c1-2-28-22-14-18(12-13-21(22)29-16-17-8-4-3-5-9-17)15-25-26-23(27)19-10-6-7-11-20(19)24/h3-15H,2,16H2,1H3,(H,26,27)/b25-15+. The molecule has 0 radical (unpaired) electrons. The summed E-state index contributed by atoms with van der Waals surface area (Å²) in [6, 6.07) is 22.2. The van der Waals surface area contributed by atoms with Gasteiger partial charge in [0.15, 0.2) is 11.5 Å². The Balaban J connectivity index is 1.66. The zero-order chi connectivity index (χ0) is 20.5. The van der Waals surface area contributed by atoms with Crippen LogP contribution in [-0.2, 0) is 6.61 Å². The second-order valence-corrected chi connectivity index (χ2v) is 6.50. The lowest BCUT2D eigenvalue weighted by molar-refractivity contribution is 0.0955. The van der Waals surface area contributed by atoms with Crippen LogP contribution in [0.2, 0.25) is 5.02 Å². The Hall–Kier alpha value is -3.31. The lowest BCUT2D eigenvalue weighted by atomic mass is 10.2. The highest BCUT2D eigenvalue weighted by atomic mass is 35.5. The summed E-state index contributed by atoms with van der Waals surface area (Å²) in [5.74, 6) is 0.887.